The van der Waals surface area contributed by atoms with Crippen LogP contribution in [0.25, 0.3) is 0 Å². The highest BCUT2D eigenvalue weighted by molar-refractivity contribution is 7.88. The molecule has 1 aromatic heterocycles. The predicted octanol–water partition coefficient (Wildman–Crippen LogP) is 2.52. The average molecular weight is 334 g/mol. The molecule has 1 aromatic carbocycles. The molecular formula is C17H22N2O3S. The molecule has 0 N–H and O–H groups in total. The molecular weight excluding hydrogens is 312 g/mol. The summed E-state index contributed by atoms with van der Waals surface area (Å²) in [5.74, 6) is 1.23. The van der Waals surface area contributed by atoms with E-state index in [1.54, 1.807) is 6.07 Å². The van der Waals surface area contributed by atoms with Crippen LogP contribution in [0.2, 0.25) is 0 Å². The Morgan fingerprint density at radius 1 is 1.17 bits per heavy atom. The molecule has 0 saturated carbocycles. The maximum Gasteiger partial charge on any atom is 0.275 e. The second kappa shape index (κ2) is 6.47. The smallest absolute Gasteiger partial charge is 0.275 e. The van der Waals surface area contributed by atoms with Crippen LogP contribution in [-0.4, -0.2) is 44.8 Å². The molecule has 1 saturated heterocycles. The van der Waals surface area contributed by atoms with Gasteiger partial charge < -0.3 is 4.42 Å². The zero-order chi connectivity index (χ0) is 16.4. The van der Waals surface area contributed by atoms with Gasteiger partial charge in [0.1, 0.15) is 5.76 Å². The van der Waals surface area contributed by atoms with E-state index in [9.17, 15) is 8.42 Å². The minimum atomic E-state index is -3.50. The standard InChI is InChI=1S/C17H22N2O3S/c1-18(2)23(20,21)17-9-8-16(22-17)13-19-11-10-15(12-19)14-6-4-3-5-7-14/h3-9,15H,10-13H2,1-2H3/t15-/m0/s1. The summed E-state index contributed by atoms with van der Waals surface area (Å²) in [5, 5.41) is 0.0105. The molecule has 23 heavy (non-hydrogen) atoms. The van der Waals surface area contributed by atoms with Crippen molar-refractivity contribution in [2.24, 2.45) is 0 Å². The number of nitrogens with zero attached hydrogens (tertiary/aromatic N) is 2. The van der Waals surface area contributed by atoms with Gasteiger partial charge in [-0.1, -0.05) is 30.3 Å². The molecule has 1 fully saturated rings. The fourth-order valence-corrected chi connectivity index (χ4v) is 3.77. The van der Waals surface area contributed by atoms with E-state index in [4.69, 9.17) is 4.42 Å². The lowest BCUT2D eigenvalue weighted by Gasteiger charge is -2.14. The molecule has 2 heterocycles. The molecule has 124 valence electrons. The van der Waals surface area contributed by atoms with Gasteiger partial charge in [0, 0.05) is 20.6 Å². The van der Waals surface area contributed by atoms with Crippen molar-refractivity contribution in [3.05, 3.63) is 53.8 Å². The summed E-state index contributed by atoms with van der Waals surface area (Å²) in [6, 6.07) is 13.8. The molecule has 0 spiro atoms. The maximum absolute atomic E-state index is 12.0. The lowest BCUT2D eigenvalue weighted by Crippen LogP contribution is -2.22. The van der Waals surface area contributed by atoms with Crippen LogP contribution < -0.4 is 0 Å². The quantitative estimate of drug-likeness (QED) is 0.843. The highest BCUT2D eigenvalue weighted by atomic mass is 32.2. The summed E-state index contributed by atoms with van der Waals surface area (Å²) in [6.07, 6.45) is 1.12. The summed E-state index contributed by atoms with van der Waals surface area (Å²) >= 11 is 0. The fourth-order valence-electron chi connectivity index (χ4n) is 2.96. The molecule has 5 nitrogen and oxygen atoms in total. The lowest BCUT2D eigenvalue weighted by molar-refractivity contribution is 0.279. The first-order chi connectivity index (χ1) is 11.0. The third-order valence-corrected chi connectivity index (χ3v) is 5.98. The van der Waals surface area contributed by atoms with Gasteiger partial charge in [-0.3, -0.25) is 4.90 Å². The molecule has 0 amide bonds. The first kappa shape index (κ1) is 16.2. The van der Waals surface area contributed by atoms with Gasteiger partial charge in [0.15, 0.2) is 0 Å². The van der Waals surface area contributed by atoms with Crippen LogP contribution >= 0.6 is 0 Å². The first-order valence-corrected chi connectivity index (χ1v) is 9.19. The number of sulfonamides is 1. The third-order valence-electron chi connectivity index (χ3n) is 4.29. The van der Waals surface area contributed by atoms with Crippen molar-refractivity contribution in [3.63, 3.8) is 0 Å². The number of hydrogen-bond acceptors (Lipinski definition) is 4. The van der Waals surface area contributed by atoms with E-state index in [1.165, 1.54) is 25.7 Å². The van der Waals surface area contributed by atoms with Gasteiger partial charge in [0.05, 0.1) is 6.54 Å². The number of likely N-dealkylation sites (tertiary alicyclic amines) is 1. The normalized spacial score (nSPS) is 19.5. The van der Waals surface area contributed by atoms with Crippen molar-refractivity contribution in [2.75, 3.05) is 27.2 Å². The van der Waals surface area contributed by atoms with Crippen LogP contribution in [-0.2, 0) is 16.6 Å². The summed E-state index contributed by atoms with van der Waals surface area (Å²) in [7, 11) is -0.490. The van der Waals surface area contributed by atoms with Gasteiger partial charge in [-0.05, 0) is 36.6 Å². The van der Waals surface area contributed by atoms with Crippen LogP contribution in [0.5, 0.6) is 0 Å². The molecule has 2 aromatic rings. The summed E-state index contributed by atoms with van der Waals surface area (Å²) in [4.78, 5) is 2.31. The predicted molar refractivity (Wildman–Crippen MR) is 88.7 cm³/mol. The van der Waals surface area contributed by atoms with Crippen molar-refractivity contribution in [1.82, 2.24) is 9.21 Å². The van der Waals surface area contributed by atoms with Crippen LogP contribution in [0, 0.1) is 0 Å². The van der Waals surface area contributed by atoms with Crippen molar-refractivity contribution < 1.29 is 12.8 Å². The van der Waals surface area contributed by atoms with E-state index >= 15 is 0 Å². The molecule has 1 aliphatic rings. The monoisotopic (exact) mass is 334 g/mol. The van der Waals surface area contributed by atoms with E-state index in [0.717, 1.165) is 23.8 Å². The topological polar surface area (TPSA) is 53.8 Å². The maximum atomic E-state index is 12.0. The van der Waals surface area contributed by atoms with E-state index in [-0.39, 0.29) is 5.09 Å². The molecule has 6 heteroatoms. The first-order valence-electron chi connectivity index (χ1n) is 7.75. The Bertz CT molecular complexity index is 753. The zero-order valence-electron chi connectivity index (χ0n) is 13.5. The van der Waals surface area contributed by atoms with Crippen molar-refractivity contribution in [3.8, 4) is 0 Å². The van der Waals surface area contributed by atoms with Gasteiger partial charge in [-0.15, -0.1) is 0 Å². The fraction of sp³-hybridized carbons (Fsp3) is 0.412. The highest BCUT2D eigenvalue weighted by Gasteiger charge is 2.26. The van der Waals surface area contributed by atoms with Gasteiger partial charge >= 0.3 is 0 Å². The van der Waals surface area contributed by atoms with Gasteiger partial charge in [-0.2, -0.15) is 0 Å². The summed E-state index contributed by atoms with van der Waals surface area (Å²) < 4.78 is 30.8. The van der Waals surface area contributed by atoms with E-state index < -0.39 is 10.0 Å². The van der Waals surface area contributed by atoms with Crippen LogP contribution in [0.3, 0.4) is 0 Å². The zero-order valence-corrected chi connectivity index (χ0v) is 14.3. The average Bonchev–Trinajstić information content (AvgIpc) is 3.18. The van der Waals surface area contributed by atoms with Crippen LogP contribution in [0.1, 0.15) is 23.7 Å². The highest BCUT2D eigenvalue weighted by Crippen LogP contribution is 2.28. The van der Waals surface area contributed by atoms with Crippen LogP contribution in [0.4, 0.5) is 0 Å². The molecule has 0 aliphatic carbocycles. The van der Waals surface area contributed by atoms with Crippen molar-refractivity contribution in [2.45, 2.75) is 24.0 Å². The molecule has 0 radical (unpaired) electrons. The van der Waals surface area contributed by atoms with E-state index in [2.05, 4.69) is 29.2 Å². The number of furan rings is 1. The largest absolute Gasteiger partial charge is 0.447 e. The Labute approximate surface area is 137 Å². The van der Waals surface area contributed by atoms with Gasteiger partial charge in [0.25, 0.3) is 10.0 Å². The molecule has 1 aliphatic heterocycles. The van der Waals surface area contributed by atoms with Gasteiger partial charge in [0.2, 0.25) is 5.09 Å². The van der Waals surface area contributed by atoms with Crippen molar-refractivity contribution >= 4 is 10.0 Å². The third kappa shape index (κ3) is 3.49. The Balaban J connectivity index is 1.64. The number of benzene rings is 1. The van der Waals surface area contributed by atoms with Crippen molar-refractivity contribution in [1.29, 1.82) is 0 Å². The Morgan fingerprint density at radius 2 is 1.91 bits per heavy atom. The van der Waals surface area contributed by atoms with E-state index in [1.807, 2.05) is 6.07 Å². The number of hydrogen-bond donors (Lipinski definition) is 0. The summed E-state index contributed by atoms with van der Waals surface area (Å²) in [6.45, 7) is 2.61. The molecule has 3 rings (SSSR count). The van der Waals surface area contributed by atoms with Gasteiger partial charge in [-0.25, -0.2) is 12.7 Å². The minimum Gasteiger partial charge on any atom is -0.447 e. The lowest BCUT2D eigenvalue weighted by atomic mass is 9.99. The Morgan fingerprint density at radius 3 is 2.61 bits per heavy atom. The second-order valence-electron chi connectivity index (χ2n) is 6.14. The summed E-state index contributed by atoms with van der Waals surface area (Å²) in [5.41, 5.74) is 1.37. The Kier molecular flexibility index (Phi) is 4.57. The minimum absolute atomic E-state index is 0.0105. The van der Waals surface area contributed by atoms with E-state index in [0.29, 0.717) is 18.2 Å². The molecule has 1 atom stereocenters. The molecule has 0 bridgehead atoms. The SMILES string of the molecule is CN(C)S(=O)(=O)c1ccc(CN2CC[C@H](c3ccccc3)C2)o1. The molecule has 0 unspecified atom stereocenters. The Hall–Kier alpha value is -1.63. The second-order valence-corrected chi connectivity index (χ2v) is 8.22. The van der Waals surface area contributed by atoms with Crippen LogP contribution in [0.15, 0.2) is 52.0 Å². The number of rotatable bonds is 5.